The molecule has 1 heterocycles. The fourth-order valence-electron chi connectivity index (χ4n) is 2.97. The smallest absolute Gasteiger partial charge is 0.345 e. The van der Waals surface area contributed by atoms with Crippen LogP contribution in [0.25, 0.3) is 6.08 Å². The fraction of sp³-hybridized carbons (Fsp3) is 0.167. The van der Waals surface area contributed by atoms with Gasteiger partial charge in [-0.3, -0.25) is 9.59 Å². The summed E-state index contributed by atoms with van der Waals surface area (Å²) in [7, 11) is 0. The van der Waals surface area contributed by atoms with Crippen LogP contribution in [0.1, 0.15) is 17.0 Å². The SMILES string of the molecule is C=CCn1c(CNC(=O)C=Cc2ccccc2Cl)nnc1SCC(=O)Nc1cccc(C(F)(F)F)c1. The number of allylic oxidation sites excluding steroid dienone is 1. The van der Waals surface area contributed by atoms with E-state index in [2.05, 4.69) is 27.4 Å². The van der Waals surface area contributed by atoms with Gasteiger partial charge in [-0.25, -0.2) is 0 Å². The third kappa shape index (κ3) is 7.72. The van der Waals surface area contributed by atoms with E-state index in [-0.39, 0.29) is 23.9 Å². The van der Waals surface area contributed by atoms with Gasteiger partial charge in [-0.2, -0.15) is 13.2 Å². The third-order valence-corrected chi connectivity index (χ3v) is 5.96. The Morgan fingerprint density at radius 1 is 1.14 bits per heavy atom. The normalized spacial score (nSPS) is 11.4. The zero-order valence-corrected chi connectivity index (χ0v) is 20.3. The highest BCUT2D eigenvalue weighted by atomic mass is 35.5. The molecule has 36 heavy (non-hydrogen) atoms. The first-order valence-electron chi connectivity index (χ1n) is 10.5. The molecule has 0 aliphatic rings. The maximum absolute atomic E-state index is 12.9. The predicted octanol–water partition coefficient (Wildman–Crippen LogP) is 5.20. The summed E-state index contributed by atoms with van der Waals surface area (Å²) < 4.78 is 40.3. The van der Waals surface area contributed by atoms with Crippen LogP contribution < -0.4 is 10.6 Å². The Balaban J connectivity index is 1.58. The molecular formula is C24H21ClF3N5O2S. The number of aromatic nitrogens is 3. The molecule has 2 aromatic carbocycles. The molecule has 188 valence electrons. The van der Waals surface area contributed by atoms with E-state index in [1.807, 2.05) is 0 Å². The molecular weight excluding hydrogens is 515 g/mol. The molecule has 3 aromatic rings. The Kier molecular flexibility index (Phi) is 9.31. The summed E-state index contributed by atoms with van der Waals surface area (Å²) in [6, 6.07) is 11.5. The minimum absolute atomic E-state index is 0.0382. The molecule has 2 N–H and O–H groups in total. The average Bonchev–Trinajstić information content (AvgIpc) is 3.22. The third-order valence-electron chi connectivity index (χ3n) is 4.65. The highest BCUT2D eigenvalue weighted by Crippen LogP contribution is 2.30. The van der Waals surface area contributed by atoms with Crippen molar-refractivity contribution in [3.63, 3.8) is 0 Å². The molecule has 0 saturated carbocycles. The summed E-state index contributed by atoms with van der Waals surface area (Å²) >= 11 is 7.13. The zero-order valence-electron chi connectivity index (χ0n) is 18.8. The van der Waals surface area contributed by atoms with Crippen molar-refractivity contribution in [3.8, 4) is 0 Å². The van der Waals surface area contributed by atoms with Crippen molar-refractivity contribution in [3.05, 3.63) is 89.2 Å². The lowest BCUT2D eigenvalue weighted by atomic mass is 10.2. The molecule has 3 rings (SSSR count). The van der Waals surface area contributed by atoms with Gasteiger partial charge in [0.2, 0.25) is 11.8 Å². The minimum atomic E-state index is -4.51. The van der Waals surface area contributed by atoms with Crippen molar-refractivity contribution in [2.45, 2.75) is 24.4 Å². The highest BCUT2D eigenvalue weighted by molar-refractivity contribution is 7.99. The number of carbonyl (C=O) groups is 2. The Hall–Kier alpha value is -3.57. The van der Waals surface area contributed by atoms with Gasteiger partial charge in [0.15, 0.2) is 11.0 Å². The van der Waals surface area contributed by atoms with Gasteiger partial charge in [0.25, 0.3) is 0 Å². The van der Waals surface area contributed by atoms with E-state index in [9.17, 15) is 22.8 Å². The first-order valence-corrected chi connectivity index (χ1v) is 11.9. The quantitative estimate of drug-likeness (QED) is 0.212. The molecule has 0 radical (unpaired) electrons. The second-order valence-corrected chi connectivity index (χ2v) is 8.64. The highest BCUT2D eigenvalue weighted by Gasteiger charge is 2.30. The number of amides is 2. The molecule has 0 fully saturated rings. The predicted molar refractivity (Wildman–Crippen MR) is 133 cm³/mol. The first kappa shape index (κ1) is 27.0. The number of nitrogens with one attached hydrogen (secondary N) is 2. The number of rotatable bonds is 10. The first-order chi connectivity index (χ1) is 17.2. The Morgan fingerprint density at radius 2 is 1.92 bits per heavy atom. The summed E-state index contributed by atoms with van der Waals surface area (Å²) in [6.07, 6.45) is 0.0468. The number of alkyl halides is 3. The van der Waals surface area contributed by atoms with E-state index >= 15 is 0 Å². The monoisotopic (exact) mass is 535 g/mol. The second kappa shape index (κ2) is 12.4. The second-order valence-electron chi connectivity index (χ2n) is 7.29. The standard InChI is InChI=1S/C24H21ClF3N5O2S/c1-2-12-33-20(14-29-21(34)11-10-16-6-3-4-9-19(16)25)31-32-23(33)36-15-22(35)30-18-8-5-7-17(13-18)24(26,27)28/h2-11,13H,1,12,14-15H2,(H,29,34)(H,30,35). The Morgan fingerprint density at radius 3 is 2.64 bits per heavy atom. The lowest BCUT2D eigenvalue weighted by Crippen LogP contribution is -2.23. The molecule has 0 bridgehead atoms. The molecule has 12 heteroatoms. The molecule has 0 atom stereocenters. The molecule has 7 nitrogen and oxygen atoms in total. The molecule has 0 aliphatic carbocycles. The Bertz CT molecular complexity index is 1280. The van der Waals surface area contributed by atoms with Crippen molar-refractivity contribution in [1.82, 2.24) is 20.1 Å². The number of halogens is 4. The largest absolute Gasteiger partial charge is 0.416 e. The molecule has 0 unspecified atom stereocenters. The van der Waals surface area contributed by atoms with Crippen LogP contribution in [0.3, 0.4) is 0 Å². The lowest BCUT2D eigenvalue weighted by molar-refractivity contribution is -0.137. The number of benzene rings is 2. The number of anilines is 1. The van der Waals surface area contributed by atoms with Gasteiger partial charge in [-0.05, 0) is 35.9 Å². The summed E-state index contributed by atoms with van der Waals surface area (Å²) in [5, 5.41) is 14.2. The van der Waals surface area contributed by atoms with Crippen LogP contribution in [-0.2, 0) is 28.9 Å². The van der Waals surface area contributed by atoms with Crippen LogP contribution in [0.15, 0.2) is 72.4 Å². The minimum Gasteiger partial charge on any atom is -0.345 e. The molecule has 0 aliphatic heterocycles. The van der Waals surface area contributed by atoms with Gasteiger partial charge in [0.1, 0.15) is 0 Å². The topological polar surface area (TPSA) is 88.9 Å². The van der Waals surface area contributed by atoms with Crippen LogP contribution in [0.2, 0.25) is 5.02 Å². The van der Waals surface area contributed by atoms with E-state index < -0.39 is 17.6 Å². The zero-order chi connectivity index (χ0) is 26.1. The van der Waals surface area contributed by atoms with Crippen molar-refractivity contribution < 1.29 is 22.8 Å². The number of nitrogens with zero attached hydrogens (tertiary/aromatic N) is 3. The van der Waals surface area contributed by atoms with Gasteiger partial charge in [-0.15, -0.1) is 16.8 Å². The van der Waals surface area contributed by atoms with Gasteiger partial charge >= 0.3 is 6.18 Å². The van der Waals surface area contributed by atoms with Crippen LogP contribution in [0, 0.1) is 0 Å². The van der Waals surface area contributed by atoms with E-state index in [1.54, 1.807) is 41.0 Å². The molecule has 2 amide bonds. The van der Waals surface area contributed by atoms with Gasteiger partial charge in [0, 0.05) is 23.3 Å². The van der Waals surface area contributed by atoms with Gasteiger partial charge in [-0.1, -0.05) is 53.7 Å². The van der Waals surface area contributed by atoms with Crippen LogP contribution in [0.5, 0.6) is 0 Å². The lowest BCUT2D eigenvalue weighted by Gasteiger charge is -2.10. The van der Waals surface area contributed by atoms with E-state index in [4.69, 9.17) is 11.6 Å². The molecule has 1 aromatic heterocycles. The maximum Gasteiger partial charge on any atom is 0.416 e. The summed E-state index contributed by atoms with van der Waals surface area (Å²) in [5.74, 6) is -0.543. The molecule has 0 spiro atoms. The fourth-order valence-corrected chi connectivity index (χ4v) is 3.94. The van der Waals surface area contributed by atoms with Crippen molar-refractivity contribution in [2.75, 3.05) is 11.1 Å². The number of hydrogen-bond donors (Lipinski definition) is 2. The average molecular weight is 536 g/mol. The van der Waals surface area contributed by atoms with E-state index in [1.165, 1.54) is 18.2 Å². The summed E-state index contributed by atoms with van der Waals surface area (Å²) in [6.45, 7) is 4.09. The number of carbonyl (C=O) groups excluding carboxylic acids is 2. The number of hydrogen-bond acceptors (Lipinski definition) is 5. The van der Waals surface area contributed by atoms with Crippen molar-refractivity contribution in [1.29, 1.82) is 0 Å². The van der Waals surface area contributed by atoms with Crippen LogP contribution in [0.4, 0.5) is 18.9 Å². The molecule has 0 saturated heterocycles. The van der Waals surface area contributed by atoms with Gasteiger partial charge < -0.3 is 15.2 Å². The Labute approximate surface area is 214 Å². The van der Waals surface area contributed by atoms with E-state index in [0.717, 1.165) is 23.9 Å². The van der Waals surface area contributed by atoms with E-state index in [0.29, 0.717) is 28.1 Å². The van der Waals surface area contributed by atoms with Crippen LogP contribution in [-0.4, -0.2) is 32.3 Å². The summed E-state index contributed by atoms with van der Waals surface area (Å²) in [5.41, 5.74) is -0.116. The number of thioether (sulfide) groups is 1. The van der Waals surface area contributed by atoms with Crippen molar-refractivity contribution >= 4 is 46.9 Å². The summed E-state index contributed by atoms with van der Waals surface area (Å²) in [4.78, 5) is 24.5. The van der Waals surface area contributed by atoms with Gasteiger partial charge in [0.05, 0.1) is 17.9 Å². The van der Waals surface area contributed by atoms with Crippen molar-refractivity contribution in [2.24, 2.45) is 0 Å². The van der Waals surface area contributed by atoms with Crippen LogP contribution >= 0.6 is 23.4 Å². The maximum atomic E-state index is 12.9.